The van der Waals surface area contributed by atoms with Crippen LogP contribution in [-0.2, 0) is 20.9 Å². The van der Waals surface area contributed by atoms with Crippen LogP contribution in [0.5, 0.6) is 0 Å². The fourth-order valence-corrected chi connectivity index (χ4v) is 3.35. The average Bonchev–Trinajstić information content (AvgIpc) is 2.47. The van der Waals surface area contributed by atoms with E-state index >= 15 is 0 Å². The van der Waals surface area contributed by atoms with Gasteiger partial charge in [-0.15, -0.1) is 0 Å². The predicted molar refractivity (Wildman–Crippen MR) is 81.0 cm³/mol. The molecule has 1 aromatic carbocycles. The zero-order chi connectivity index (χ0) is 13.7. The zero-order valence-electron chi connectivity index (χ0n) is 10.7. The third kappa shape index (κ3) is 3.55. The average molecular weight is 372 g/mol. The lowest BCUT2D eigenvalue weighted by Crippen LogP contribution is -2.38. The highest BCUT2D eigenvalue weighted by Crippen LogP contribution is 2.38. The molecule has 0 spiro atoms. The Morgan fingerprint density at radius 1 is 1.21 bits per heavy atom. The van der Waals surface area contributed by atoms with Gasteiger partial charge in [0.05, 0.1) is 5.41 Å². The first-order chi connectivity index (χ1) is 9.16. The summed E-state index contributed by atoms with van der Waals surface area (Å²) in [5.74, 6) is 0.106. The van der Waals surface area contributed by atoms with Crippen molar-refractivity contribution in [3.63, 3.8) is 0 Å². The summed E-state index contributed by atoms with van der Waals surface area (Å²) in [7, 11) is 0. The van der Waals surface area contributed by atoms with Crippen molar-refractivity contribution in [2.45, 2.75) is 32.3 Å². The number of hydrogen-bond donors (Lipinski definition) is 0. The third-order valence-electron chi connectivity index (χ3n) is 3.67. The van der Waals surface area contributed by atoms with Gasteiger partial charge in [-0.3, -0.25) is 9.59 Å². The second-order valence-electron chi connectivity index (χ2n) is 5.01. The number of carbonyl (C=O) groups excluding carboxylic acids is 2. The van der Waals surface area contributed by atoms with E-state index in [4.69, 9.17) is 4.74 Å². The Hall–Kier alpha value is -0.910. The van der Waals surface area contributed by atoms with Crippen molar-refractivity contribution in [1.29, 1.82) is 0 Å². The molecule has 0 aromatic heterocycles. The van der Waals surface area contributed by atoms with Crippen LogP contribution < -0.4 is 0 Å². The number of benzene rings is 1. The summed E-state index contributed by atoms with van der Waals surface area (Å²) < 4.78 is 6.16. The number of rotatable bonds is 4. The molecule has 0 saturated heterocycles. The van der Waals surface area contributed by atoms with Crippen LogP contribution >= 0.6 is 22.6 Å². The smallest absolute Gasteiger partial charge is 0.313 e. The summed E-state index contributed by atoms with van der Waals surface area (Å²) in [6.45, 7) is 0.312. The van der Waals surface area contributed by atoms with Crippen LogP contribution in [0.4, 0.5) is 0 Å². The lowest BCUT2D eigenvalue weighted by Gasteiger charge is -2.32. The van der Waals surface area contributed by atoms with Crippen molar-refractivity contribution in [1.82, 2.24) is 0 Å². The molecule has 1 aliphatic carbocycles. The topological polar surface area (TPSA) is 43.4 Å². The molecule has 4 heteroatoms. The third-order valence-corrected chi connectivity index (χ3v) is 5.13. The number of Topliss-reactive ketones (excluding diaryl/α,β-unsaturated/α-hetero) is 1. The van der Waals surface area contributed by atoms with Crippen molar-refractivity contribution in [2.24, 2.45) is 5.41 Å². The molecule has 1 aliphatic rings. The van der Waals surface area contributed by atoms with E-state index in [1.54, 1.807) is 0 Å². The van der Waals surface area contributed by atoms with E-state index in [-0.39, 0.29) is 11.8 Å². The second kappa shape index (κ2) is 6.50. The minimum absolute atomic E-state index is 0.154. The lowest BCUT2D eigenvalue weighted by molar-refractivity contribution is -0.158. The number of halogens is 1. The van der Waals surface area contributed by atoms with Crippen molar-refractivity contribution in [3.8, 4) is 0 Å². The van der Waals surface area contributed by atoms with Gasteiger partial charge in [0.15, 0.2) is 0 Å². The molecule has 2 rings (SSSR count). The van der Waals surface area contributed by atoms with Crippen LogP contribution in [0, 0.1) is 5.41 Å². The first-order valence-corrected chi connectivity index (χ1v) is 7.98. The highest BCUT2D eigenvalue weighted by Gasteiger charge is 2.41. The maximum atomic E-state index is 12.3. The molecule has 19 heavy (non-hydrogen) atoms. The summed E-state index contributed by atoms with van der Waals surface area (Å²) in [4.78, 5) is 23.6. The first-order valence-electron chi connectivity index (χ1n) is 6.45. The van der Waals surface area contributed by atoms with Gasteiger partial charge in [-0.1, -0.05) is 52.9 Å². The van der Waals surface area contributed by atoms with Gasteiger partial charge >= 0.3 is 5.97 Å². The number of ketones is 1. The van der Waals surface area contributed by atoms with Crippen LogP contribution in [0.25, 0.3) is 0 Å². The van der Waals surface area contributed by atoms with Crippen molar-refractivity contribution < 1.29 is 14.3 Å². The Kier molecular flexibility index (Phi) is 4.96. The molecule has 0 heterocycles. The summed E-state index contributed by atoms with van der Waals surface area (Å²) >= 11 is 2.22. The Labute approximate surface area is 126 Å². The van der Waals surface area contributed by atoms with Crippen molar-refractivity contribution in [3.05, 3.63) is 35.9 Å². The van der Waals surface area contributed by atoms with Gasteiger partial charge in [0.25, 0.3) is 0 Å². The van der Waals surface area contributed by atoms with E-state index in [0.29, 0.717) is 36.7 Å². The normalized spacial score (nSPS) is 18.1. The highest BCUT2D eigenvalue weighted by atomic mass is 127. The SMILES string of the molecule is O=C1CCC(CI)(C(=O)OCc2ccccc2)CC1. The van der Waals surface area contributed by atoms with E-state index in [9.17, 15) is 9.59 Å². The standard InChI is InChI=1S/C15H17IO3/c16-11-15(8-6-13(17)7-9-15)14(18)19-10-12-4-2-1-3-5-12/h1-5H,6-11H2. The molecule has 1 fully saturated rings. The predicted octanol–water partition coefficient (Wildman–Crippen LogP) is 3.29. The van der Waals surface area contributed by atoms with Gasteiger partial charge in [-0.25, -0.2) is 0 Å². The van der Waals surface area contributed by atoms with Crippen molar-refractivity contribution in [2.75, 3.05) is 4.43 Å². The summed E-state index contributed by atoms with van der Waals surface area (Å²) in [6, 6.07) is 9.67. The maximum absolute atomic E-state index is 12.3. The van der Waals surface area contributed by atoms with Gasteiger partial charge in [-0.05, 0) is 18.4 Å². The second-order valence-corrected chi connectivity index (χ2v) is 5.78. The highest BCUT2D eigenvalue weighted by molar-refractivity contribution is 14.1. The van der Waals surface area contributed by atoms with Gasteiger partial charge in [0.2, 0.25) is 0 Å². The van der Waals surface area contributed by atoms with Crippen molar-refractivity contribution >= 4 is 34.3 Å². The lowest BCUT2D eigenvalue weighted by atomic mass is 9.75. The van der Waals surface area contributed by atoms with E-state index in [1.807, 2.05) is 30.3 Å². The molecule has 0 radical (unpaired) electrons. The zero-order valence-corrected chi connectivity index (χ0v) is 12.9. The van der Waals surface area contributed by atoms with Gasteiger partial charge < -0.3 is 4.74 Å². The molecule has 3 nitrogen and oxygen atoms in total. The minimum atomic E-state index is -0.455. The summed E-state index contributed by atoms with van der Waals surface area (Å²) in [5, 5.41) is 0. The van der Waals surface area contributed by atoms with E-state index < -0.39 is 5.41 Å². The number of hydrogen-bond acceptors (Lipinski definition) is 3. The quantitative estimate of drug-likeness (QED) is 0.463. The molecular weight excluding hydrogens is 355 g/mol. The molecule has 1 saturated carbocycles. The number of esters is 1. The van der Waals surface area contributed by atoms with E-state index in [1.165, 1.54) is 0 Å². The van der Waals surface area contributed by atoms with Crippen LogP contribution in [0.15, 0.2) is 30.3 Å². The van der Waals surface area contributed by atoms with Crippen LogP contribution in [0.3, 0.4) is 0 Å². The monoisotopic (exact) mass is 372 g/mol. The maximum Gasteiger partial charge on any atom is 0.313 e. The summed E-state index contributed by atoms with van der Waals surface area (Å²) in [5.41, 5.74) is 0.537. The molecular formula is C15H17IO3. The van der Waals surface area contributed by atoms with Gasteiger partial charge in [0.1, 0.15) is 12.4 Å². The Morgan fingerprint density at radius 3 is 2.42 bits per heavy atom. The largest absolute Gasteiger partial charge is 0.460 e. The Morgan fingerprint density at radius 2 is 1.84 bits per heavy atom. The minimum Gasteiger partial charge on any atom is -0.460 e. The molecule has 0 amide bonds. The van der Waals surface area contributed by atoms with Crippen LogP contribution in [0.2, 0.25) is 0 Å². The number of alkyl halides is 1. The van der Waals surface area contributed by atoms with E-state index in [2.05, 4.69) is 22.6 Å². The molecule has 102 valence electrons. The fourth-order valence-electron chi connectivity index (χ4n) is 2.28. The number of ether oxygens (including phenoxy) is 1. The van der Waals surface area contributed by atoms with Crippen LogP contribution in [-0.4, -0.2) is 16.2 Å². The number of carbonyl (C=O) groups is 2. The fraction of sp³-hybridized carbons (Fsp3) is 0.467. The van der Waals surface area contributed by atoms with E-state index in [0.717, 1.165) is 5.56 Å². The molecule has 0 N–H and O–H groups in total. The molecule has 1 aromatic rings. The molecule has 0 bridgehead atoms. The van der Waals surface area contributed by atoms with Gasteiger partial charge in [0, 0.05) is 17.3 Å². The Bertz CT molecular complexity index is 446. The molecule has 0 aliphatic heterocycles. The molecule has 0 atom stereocenters. The molecule has 0 unspecified atom stereocenters. The van der Waals surface area contributed by atoms with Crippen LogP contribution in [0.1, 0.15) is 31.2 Å². The first kappa shape index (κ1) is 14.5. The summed E-state index contributed by atoms with van der Waals surface area (Å²) in [6.07, 6.45) is 2.26. The van der Waals surface area contributed by atoms with Gasteiger partial charge in [-0.2, -0.15) is 0 Å². The Balaban J connectivity index is 1.96.